The second-order valence-corrected chi connectivity index (χ2v) is 34.1. The Bertz CT molecular complexity index is 950. The summed E-state index contributed by atoms with van der Waals surface area (Å²) in [6.07, 6.45) is 5.13. The predicted molar refractivity (Wildman–Crippen MR) is 215 cm³/mol. The number of ether oxygens (including phenoxy) is 4. The lowest BCUT2D eigenvalue weighted by Gasteiger charge is -2.42. The number of carbonyl (C=O) groups excluding carboxylic acids is 3. The monoisotopic (exact) mass is 782 g/mol. The highest BCUT2D eigenvalue weighted by atomic mass is 28.5. The van der Waals surface area contributed by atoms with Crippen molar-refractivity contribution in [2.45, 2.75) is 166 Å². The van der Waals surface area contributed by atoms with E-state index in [1.54, 1.807) is 0 Å². The van der Waals surface area contributed by atoms with Crippen LogP contribution >= 0.6 is 0 Å². The van der Waals surface area contributed by atoms with E-state index in [2.05, 4.69) is 76.8 Å². The molecule has 0 saturated carbocycles. The van der Waals surface area contributed by atoms with Gasteiger partial charge in [-0.1, -0.05) is 20.8 Å². The van der Waals surface area contributed by atoms with Crippen molar-refractivity contribution in [1.82, 2.24) is 0 Å². The predicted octanol–water partition coefficient (Wildman–Crippen LogP) is 9.89. The molecule has 0 radical (unpaired) electrons. The van der Waals surface area contributed by atoms with Crippen LogP contribution in [0.3, 0.4) is 0 Å². The maximum atomic E-state index is 12.5. The summed E-state index contributed by atoms with van der Waals surface area (Å²) in [5.41, 5.74) is -1.22. The van der Waals surface area contributed by atoms with Gasteiger partial charge < -0.3 is 31.3 Å². The molecule has 0 aromatic heterocycles. The van der Waals surface area contributed by atoms with Crippen LogP contribution in [0.15, 0.2) is 13.2 Å². The third-order valence-electron chi connectivity index (χ3n) is 7.64. The lowest BCUT2D eigenvalue weighted by molar-refractivity contribution is -0.196. The molecule has 0 spiro atoms. The summed E-state index contributed by atoms with van der Waals surface area (Å²) in [7, 11) is -7.56. The van der Waals surface area contributed by atoms with E-state index in [0.29, 0.717) is 6.61 Å². The van der Waals surface area contributed by atoms with Gasteiger partial charge in [0.2, 0.25) is 6.29 Å². The van der Waals surface area contributed by atoms with E-state index in [0.717, 1.165) is 38.5 Å². The molecule has 0 bridgehead atoms. The van der Waals surface area contributed by atoms with Crippen LogP contribution < -0.4 is 0 Å². The first-order chi connectivity index (χ1) is 22.4. The summed E-state index contributed by atoms with van der Waals surface area (Å²) in [5.74, 6) is -0.499. The smallest absolute Gasteiger partial charge is 0.469 e. The molecular weight excluding hydrogens is 705 g/mol. The highest BCUT2D eigenvalue weighted by Gasteiger charge is 2.52. The van der Waals surface area contributed by atoms with Crippen molar-refractivity contribution in [3.05, 3.63) is 13.2 Å². The van der Waals surface area contributed by atoms with Gasteiger partial charge in [-0.15, -0.1) is 13.2 Å². The van der Waals surface area contributed by atoms with Gasteiger partial charge in [0, 0.05) is 6.42 Å². The second kappa shape index (κ2) is 22.8. The minimum Gasteiger partial charge on any atom is -0.469 e. The molecule has 1 atom stereocenters. The van der Waals surface area contributed by atoms with Crippen molar-refractivity contribution in [1.29, 1.82) is 0 Å². The number of rotatable bonds is 15. The summed E-state index contributed by atoms with van der Waals surface area (Å²) in [6, 6.07) is 0. The van der Waals surface area contributed by atoms with E-state index in [9.17, 15) is 14.4 Å². The van der Waals surface area contributed by atoms with E-state index in [1.165, 1.54) is 7.11 Å². The maximum absolute atomic E-state index is 12.5. The Labute approximate surface area is 311 Å². The molecule has 1 unspecified atom stereocenters. The Morgan fingerprint density at radius 1 is 0.640 bits per heavy atom. The first-order valence-electron chi connectivity index (χ1n) is 18.1. The third kappa shape index (κ3) is 24.2. The number of carbonyl (C=O) groups is 3. The molecule has 0 aromatic rings. The first kappa shape index (κ1) is 53.2. The zero-order valence-electron chi connectivity index (χ0n) is 35.7. The Morgan fingerprint density at radius 3 is 1.28 bits per heavy atom. The number of hydrogen-bond donors (Lipinski definition) is 0. The van der Waals surface area contributed by atoms with Crippen LogP contribution in [-0.4, -0.2) is 77.9 Å². The number of hydrogen-bond acceptors (Lipinski definition) is 10. The van der Waals surface area contributed by atoms with Gasteiger partial charge in [0.05, 0.1) is 30.0 Å². The summed E-state index contributed by atoms with van der Waals surface area (Å²) >= 11 is 0. The average molecular weight is 783 g/mol. The van der Waals surface area contributed by atoms with Crippen LogP contribution in [0.1, 0.15) is 101 Å². The van der Waals surface area contributed by atoms with Crippen LogP contribution in [0.5, 0.6) is 0 Å². The molecule has 1 aliphatic heterocycles. The zero-order valence-corrected chi connectivity index (χ0v) is 39.7. The van der Waals surface area contributed by atoms with Crippen molar-refractivity contribution < 1.29 is 45.7 Å². The van der Waals surface area contributed by atoms with Crippen LogP contribution in [0, 0.1) is 16.2 Å². The molecule has 0 aromatic carbocycles. The summed E-state index contributed by atoms with van der Waals surface area (Å²) in [5, 5.41) is 0. The van der Waals surface area contributed by atoms with Crippen molar-refractivity contribution in [3.8, 4) is 0 Å². The normalized spacial score (nSPS) is 15.9. The summed E-state index contributed by atoms with van der Waals surface area (Å²) < 4.78 is 40.4. The second-order valence-electron chi connectivity index (χ2n) is 17.3. The van der Waals surface area contributed by atoms with E-state index >= 15 is 0 Å². The van der Waals surface area contributed by atoms with E-state index in [4.69, 9.17) is 26.6 Å². The molecule has 14 heteroatoms. The molecule has 1 saturated heterocycles. The van der Waals surface area contributed by atoms with Gasteiger partial charge in [-0.05, 0) is 133 Å². The number of methoxy groups -OCH3 is 1. The SMILES string of the molecule is C=C.CCC(C)(C)C(=O)OC.CCC(C)(C)C(=O)OC1CCCCO1.CCC(C)(C)C(=O)OC[Si](O[Si](C)(C)C)(O[Si](C)(C)C)O[Si](C)(C)C. The zero-order chi connectivity index (χ0) is 40.4. The minimum absolute atomic E-state index is 0.105. The van der Waals surface area contributed by atoms with Gasteiger partial charge >= 0.3 is 26.7 Å². The number of esters is 3. The summed E-state index contributed by atoms with van der Waals surface area (Å²) in [6.45, 7) is 43.1. The fourth-order valence-electron chi connectivity index (χ4n) is 3.69. The Hall–Kier alpha value is -1.14. The molecule has 1 rings (SSSR count). The van der Waals surface area contributed by atoms with E-state index in [-0.39, 0.29) is 41.3 Å². The Balaban J connectivity index is -0.000000735. The van der Waals surface area contributed by atoms with E-state index in [1.807, 2.05) is 62.3 Å². The quantitative estimate of drug-likeness (QED) is 0.0688. The highest BCUT2D eigenvalue weighted by molar-refractivity contribution is 6.90. The van der Waals surface area contributed by atoms with Gasteiger partial charge in [0.25, 0.3) is 0 Å². The van der Waals surface area contributed by atoms with Crippen LogP contribution in [0.25, 0.3) is 0 Å². The molecule has 50 heavy (non-hydrogen) atoms. The average Bonchev–Trinajstić information content (AvgIpc) is 2.98. The largest absolute Gasteiger partial charge is 0.509 e. The van der Waals surface area contributed by atoms with Crippen molar-refractivity contribution in [2.24, 2.45) is 16.2 Å². The minimum atomic E-state index is -3.11. The molecule has 0 N–H and O–H groups in total. The van der Waals surface area contributed by atoms with Gasteiger partial charge in [0.1, 0.15) is 0 Å². The molecule has 1 aliphatic rings. The van der Waals surface area contributed by atoms with Crippen molar-refractivity contribution in [2.75, 3.05) is 19.9 Å². The maximum Gasteiger partial charge on any atom is 0.509 e. The molecule has 298 valence electrons. The summed E-state index contributed by atoms with van der Waals surface area (Å²) in [4.78, 5) is 35.0. The third-order valence-corrected chi connectivity index (χ3v) is 19.2. The fraction of sp³-hybridized carbons (Fsp3) is 0.861. The fourth-order valence-corrected chi connectivity index (χ4v) is 17.5. The van der Waals surface area contributed by atoms with Crippen LogP contribution in [-0.2, 0) is 45.7 Å². The van der Waals surface area contributed by atoms with Crippen LogP contribution in [0.4, 0.5) is 0 Å². The lowest BCUT2D eigenvalue weighted by Crippen LogP contribution is -2.63. The Morgan fingerprint density at radius 2 is 1.00 bits per heavy atom. The Kier molecular flexibility index (Phi) is 24.3. The first-order valence-corrected chi connectivity index (χ1v) is 30.3. The van der Waals surface area contributed by atoms with E-state index < -0.39 is 39.2 Å². The topological polar surface area (TPSA) is 116 Å². The molecule has 10 nitrogen and oxygen atoms in total. The van der Waals surface area contributed by atoms with Gasteiger partial charge in [0.15, 0.2) is 31.2 Å². The molecule has 1 fully saturated rings. The molecule has 1 heterocycles. The molecule has 0 aliphatic carbocycles. The van der Waals surface area contributed by atoms with Gasteiger partial charge in [-0.3, -0.25) is 14.4 Å². The van der Waals surface area contributed by atoms with Gasteiger partial charge in [-0.2, -0.15) is 0 Å². The van der Waals surface area contributed by atoms with Crippen molar-refractivity contribution in [3.63, 3.8) is 0 Å². The van der Waals surface area contributed by atoms with Crippen LogP contribution in [0.2, 0.25) is 58.9 Å². The molecule has 0 amide bonds. The molecular formula is C36H78O10Si4. The standard InChI is InChI=1S/C16H40O5Si4.C11H20O3.C7H14O2.C2H4/c1-13-16(2,3)15(17)18-14-25(19-22(4,5)6,20-23(7,8)9)21-24(10,11)12;1-4-11(2,3)10(12)14-9-7-5-6-8-13-9;1-5-7(2,3)6(8)9-4;1-2/h13-14H2,1-12H3;9H,4-8H2,1-3H3;5H2,1-4H3;1-2H2. The highest BCUT2D eigenvalue weighted by Crippen LogP contribution is 2.28. The van der Waals surface area contributed by atoms with Crippen molar-refractivity contribution >= 4 is 51.7 Å². The lowest BCUT2D eigenvalue weighted by atomic mass is 9.91. The van der Waals surface area contributed by atoms with Gasteiger partial charge in [-0.25, -0.2) is 0 Å².